The Bertz CT molecular complexity index is 938. The molecule has 0 unspecified atom stereocenters. The minimum Gasteiger partial charge on any atom is -0.316 e. The molecule has 19 heavy (non-hydrogen) atoms. The van der Waals surface area contributed by atoms with Crippen LogP contribution < -0.4 is 11.1 Å². The Labute approximate surface area is 108 Å². The number of hydrogen-bond acceptors (Lipinski definition) is 5. The number of rotatable bonds is 2. The predicted molar refractivity (Wildman–Crippen MR) is 67.0 cm³/mol. The highest BCUT2D eigenvalue weighted by Gasteiger charge is 2.17. The van der Waals surface area contributed by atoms with Crippen molar-refractivity contribution in [1.29, 1.82) is 0 Å². The average molecular weight is 302 g/mol. The molecular formula is C8H4ClN5O4S. The highest BCUT2D eigenvalue weighted by molar-refractivity contribution is 8.13. The van der Waals surface area contributed by atoms with Gasteiger partial charge >= 0.3 is 11.1 Å². The normalized spacial score (nSPS) is 11.2. The van der Waals surface area contributed by atoms with Crippen molar-refractivity contribution in [2.45, 2.75) is 4.90 Å². The van der Waals surface area contributed by atoms with Crippen LogP contribution in [0.25, 0.3) is 21.5 Å². The molecule has 1 aromatic heterocycles. The summed E-state index contributed by atoms with van der Waals surface area (Å²) in [4.78, 5) is 28.7. The molecule has 0 aliphatic heterocycles. The molecule has 0 aliphatic carbocycles. The molecule has 0 spiro atoms. The molecule has 0 saturated heterocycles. The molecule has 0 fully saturated rings. The van der Waals surface area contributed by atoms with Gasteiger partial charge in [0.15, 0.2) is 0 Å². The van der Waals surface area contributed by atoms with E-state index in [-0.39, 0.29) is 16.7 Å². The standard InChI is InChI=1S/C8H4ClN5O4S/c9-19(17,18)6-2-4-3(1-5(6)13-14-10)11-7(15)8(16)12-4/h1-2H,(H,11,15)(H,12,16). The van der Waals surface area contributed by atoms with Crippen molar-refractivity contribution in [2.24, 2.45) is 5.11 Å². The minimum atomic E-state index is -4.18. The molecule has 0 saturated carbocycles. The zero-order valence-corrected chi connectivity index (χ0v) is 10.5. The van der Waals surface area contributed by atoms with Gasteiger partial charge in [-0.05, 0) is 17.7 Å². The second-order valence-corrected chi connectivity index (χ2v) is 5.94. The van der Waals surface area contributed by atoms with Crippen LogP contribution in [0.3, 0.4) is 0 Å². The van der Waals surface area contributed by atoms with Crippen LogP contribution in [0.4, 0.5) is 5.69 Å². The third kappa shape index (κ3) is 2.45. The summed E-state index contributed by atoms with van der Waals surface area (Å²) in [6, 6.07) is 2.10. The number of fused-ring (bicyclic) bond motifs is 1. The summed E-state index contributed by atoms with van der Waals surface area (Å²) in [6.45, 7) is 0. The summed E-state index contributed by atoms with van der Waals surface area (Å²) in [5.41, 5.74) is 6.38. The first-order chi connectivity index (χ1) is 8.82. The van der Waals surface area contributed by atoms with Gasteiger partial charge in [0.2, 0.25) is 0 Å². The summed E-state index contributed by atoms with van der Waals surface area (Å²) < 4.78 is 22.7. The lowest BCUT2D eigenvalue weighted by atomic mass is 10.2. The summed E-state index contributed by atoms with van der Waals surface area (Å²) in [7, 11) is 1.02. The Kier molecular flexibility index (Phi) is 3.06. The fourth-order valence-corrected chi connectivity index (χ4v) is 2.43. The number of azide groups is 1. The summed E-state index contributed by atoms with van der Waals surface area (Å²) in [6.07, 6.45) is 0. The topological polar surface area (TPSA) is 149 Å². The van der Waals surface area contributed by atoms with E-state index in [1.165, 1.54) is 0 Å². The molecule has 98 valence electrons. The Hall–Kier alpha value is -2.29. The number of halogens is 1. The first-order valence-corrected chi connectivity index (χ1v) is 6.94. The molecule has 0 atom stereocenters. The van der Waals surface area contributed by atoms with Gasteiger partial charge < -0.3 is 9.97 Å². The Balaban J connectivity index is 3.00. The van der Waals surface area contributed by atoms with Gasteiger partial charge in [-0.3, -0.25) is 9.59 Å². The molecule has 0 radical (unpaired) electrons. The maximum atomic E-state index is 11.3. The van der Waals surface area contributed by atoms with Gasteiger partial charge in [-0.25, -0.2) is 8.42 Å². The van der Waals surface area contributed by atoms with Gasteiger partial charge in [0.1, 0.15) is 0 Å². The second kappa shape index (κ2) is 4.43. The lowest BCUT2D eigenvalue weighted by molar-refractivity contribution is 0.610. The van der Waals surface area contributed by atoms with E-state index in [1.54, 1.807) is 0 Å². The van der Waals surface area contributed by atoms with Crippen molar-refractivity contribution >= 4 is 36.5 Å². The Morgan fingerprint density at radius 3 is 2.16 bits per heavy atom. The molecular weight excluding hydrogens is 298 g/mol. The molecule has 0 bridgehead atoms. The number of benzene rings is 1. The van der Waals surface area contributed by atoms with E-state index in [0.717, 1.165) is 12.1 Å². The van der Waals surface area contributed by atoms with Crippen LogP contribution in [-0.4, -0.2) is 18.4 Å². The maximum Gasteiger partial charge on any atom is 0.314 e. The summed E-state index contributed by atoms with van der Waals surface area (Å²) in [5.74, 6) is 0. The fourth-order valence-electron chi connectivity index (χ4n) is 1.45. The van der Waals surface area contributed by atoms with Crippen LogP contribution in [0.15, 0.2) is 31.7 Å². The van der Waals surface area contributed by atoms with E-state index < -0.39 is 25.1 Å². The lowest BCUT2D eigenvalue weighted by Crippen LogP contribution is -2.28. The van der Waals surface area contributed by atoms with Gasteiger partial charge in [0.25, 0.3) is 9.05 Å². The number of aromatic nitrogens is 2. The molecule has 0 amide bonds. The average Bonchev–Trinajstić information content (AvgIpc) is 2.29. The van der Waals surface area contributed by atoms with E-state index in [1.807, 2.05) is 0 Å². The van der Waals surface area contributed by atoms with Crippen LogP contribution >= 0.6 is 10.7 Å². The van der Waals surface area contributed by atoms with Crippen LogP contribution in [-0.2, 0) is 9.05 Å². The van der Waals surface area contributed by atoms with Crippen LogP contribution in [0.5, 0.6) is 0 Å². The third-order valence-corrected chi connectivity index (χ3v) is 3.57. The smallest absolute Gasteiger partial charge is 0.314 e. The highest BCUT2D eigenvalue weighted by Crippen LogP contribution is 2.30. The summed E-state index contributed by atoms with van der Waals surface area (Å²) >= 11 is 0. The van der Waals surface area contributed by atoms with E-state index in [4.69, 9.17) is 16.2 Å². The molecule has 1 aromatic carbocycles. The van der Waals surface area contributed by atoms with Crippen molar-refractivity contribution in [3.8, 4) is 0 Å². The SMILES string of the molecule is [N-]=[N+]=Nc1cc2[nH]c(=O)c(=O)[nH]c2cc1S(=O)(=O)Cl. The maximum absolute atomic E-state index is 11.3. The number of aromatic amines is 2. The number of nitrogens with one attached hydrogen (secondary N) is 2. The molecule has 1 heterocycles. The zero-order valence-electron chi connectivity index (χ0n) is 8.92. The predicted octanol–water partition coefficient (Wildman–Crippen LogP) is 1.09. The largest absolute Gasteiger partial charge is 0.316 e. The van der Waals surface area contributed by atoms with Crippen molar-refractivity contribution in [3.05, 3.63) is 43.3 Å². The van der Waals surface area contributed by atoms with Gasteiger partial charge in [0, 0.05) is 15.6 Å². The van der Waals surface area contributed by atoms with Crippen molar-refractivity contribution in [2.75, 3.05) is 0 Å². The first-order valence-electron chi connectivity index (χ1n) is 4.63. The highest BCUT2D eigenvalue weighted by atomic mass is 35.7. The van der Waals surface area contributed by atoms with Gasteiger partial charge in [0.05, 0.1) is 21.6 Å². The van der Waals surface area contributed by atoms with E-state index in [0.29, 0.717) is 0 Å². The molecule has 11 heteroatoms. The molecule has 2 rings (SSSR count). The minimum absolute atomic E-state index is 0.0423. The summed E-state index contributed by atoms with van der Waals surface area (Å²) in [5, 5.41) is 3.18. The molecule has 0 aliphatic rings. The third-order valence-electron chi connectivity index (χ3n) is 2.22. The first kappa shape index (κ1) is 13.1. The van der Waals surface area contributed by atoms with E-state index >= 15 is 0 Å². The van der Waals surface area contributed by atoms with Crippen molar-refractivity contribution in [3.63, 3.8) is 0 Å². The van der Waals surface area contributed by atoms with Gasteiger partial charge in [-0.1, -0.05) is 5.11 Å². The zero-order chi connectivity index (χ0) is 14.2. The molecule has 9 nitrogen and oxygen atoms in total. The lowest BCUT2D eigenvalue weighted by Gasteiger charge is -2.04. The van der Waals surface area contributed by atoms with Crippen LogP contribution in [0, 0.1) is 0 Å². The van der Waals surface area contributed by atoms with Crippen molar-refractivity contribution < 1.29 is 8.42 Å². The van der Waals surface area contributed by atoms with Gasteiger partial charge in [-0.2, -0.15) is 0 Å². The number of hydrogen-bond donors (Lipinski definition) is 2. The van der Waals surface area contributed by atoms with E-state index in [9.17, 15) is 18.0 Å². The van der Waals surface area contributed by atoms with Crippen LogP contribution in [0.2, 0.25) is 0 Å². The molecule has 2 N–H and O–H groups in total. The van der Waals surface area contributed by atoms with Crippen LogP contribution in [0.1, 0.15) is 0 Å². The Morgan fingerprint density at radius 1 is 1.16 bits per heavy atom. The molecule has 2 aromatic rings. The quantitative estimate of drug-likeness (QED) is 0.280. The number of nitrogens with zero attached hydrogens (tertiary/aromatic N) is 3. The van der Waals surface area contributed by atoms with E-state index in [2.05, 4.69) is 20.0 Å². The van der Waals surface area contributed by atoms with Crippen molar-refractivity contribution in [1.82, 2.24) is 9.97 Å². The Morgan fingerprint density at radius 2 is 1.68 bits per heavy atom. The monoisotopic (exact) mass is 301 g/mol. The second-order valence-electron chi connectivity index (χ2n) is 3.40. The number of H-pyrrole nitrogens is 2. The van der Waals surface area contributed by atoms with Gasteiger partial charge in [-0.15, -0.1) is 0 Å². The fraction of sp³-hybridized carbons (Fsp3) is 0.